The first-order valence-corrected chi connectivity index (χ1v) is 7.48. The maximum absolute atomic E-state index is 12.4. The second-order valence-electron chi connectivity index (χ2n) is 5.28. The molecule has 0 fully saturated rings. The minimum atomic E-state index is -0.334. The number of rotatable bonds is 3. The number of amides is 1. The molecule has 0 aliphatic heterocycles. The first-order valence-electron chi connectivity index (χ1n) is 7.48. The summed E-state index contributed by atoms with van der Waals surface area (Å²) in [4.78, 5) is 16.8. The molecule has 24 heavy (non-hydrogen) atoms. The van der Waals surface area contributed by atoms with Crippen molar-refractivity contribution >= 4 is 22.5 Å². The van der Waals surface area contributed by atoms with E-state index in [0.29, 0.717) is 11.4 Å². The van der Waals surface area contributed by atoms with Gasteiger partial charge in [-0.05, 0) is 12.1 Å². The minimum Gasteiger partial charge on any atom is -0.355 e. The van der Waals surface area contributed by atoms with Crippen LogP contribution in [0.1, 0.15) is 10.5 Å². The van der Waals surface area contributed by atoms with Crippen molar-refractivity contribution in [1.82, 2.24) is 10.1 Å². The van der Waals surface area contributed by atoms with Crippen LogP contribution in [0, 0.1) is 0 Å². The molecule has 2 aromatic carbocycles. The van der Waals surface area contributed by atoms with Crippen LogP contribution < -0.4 is 5.32 Å². The van der Waals surface area contributed by atoms with Crippen molar-refractivity contribution in [3.8, 4) is 11.3 Å². The van der Waals surface area contributed by atoms with Gasteiger partial charge in [-0.25, -0.2) is 0 Å². The average molecular weight is 315 g/mol. The predicted molar refractivity (Wildman–Crippen MR) is 91.6 cm³/mol. The lowest BCUT2D eigenvalue weighted by Crippen LogP contribution is -2.12. The molecule has 2 heterocycles. The number of fused-ring (bicyclic) bond motifs is 1. The molecule has 1 amide bonds. The van der Waals surface area contributed by atoms with Crippen molar-refractivity contribution in [2.45, 2.75) is 0 Å². The third-order valence-electron chi connectivity index (χ3n) is 3.68. The maximum atomic E-state index is 12.4. The third kappa shape index (κ3) is 2.63. The highest BCUT2D eigenvalue weighted by Crippen LogP contribution is 2.23. The molecule has 5 heteroatoms. The van der Waals surface area contributed by atoms with Crippen LogP contribution >= 0.6 is 0 Å². The van der Waals surface area contributed by atoms with E-state index in [-0.39, 0.29) is 11.6 Å². The second-order valence-corrected chi connectivity index (χ2v) is 5.28. The summed E-state index contributed by atoms with van der Waals surface area (Å²) in [6.07, 6.45) is 1.70. The number of para-hydroxylation sites is 1. The molecule has 4 aromatic rings. The van der Waals surface area contributed by atoms with Crippen LogP contribution in [0.25, 0.3) is 22.2 Å². The largest absolute Gasteiger partial charge is 0.355 e. The number of nitrogens with zero attached hydrogens (tertiary/aromatic N) is 2. The van der Waals surface area contributed by atoms with Gasteiger partial charge in [0.1, 0.15) is 0 Å². The maximum Gasteiger partial charge on any atom is 0.277 e. The summed E-state index contributed by atoms with van der Waals surface area (Å²) >= 11 is 0. The number of hydrogen-bond acceptors (Lipinski definition) is 4. The molecular formula is C19H13N3O2. The zero-order chi connectivity index (χ0) is 16.4. The van der Waals surface area contributed by atoms with E-state index in [0.717, 1.165) is 16.5 Å². The number of nitrogens with one attached hydrogen (secondary N) is 1. The summed E-state index contributed by atoms with van der Waals surface area (Å²) in [5.41, 5.74) is 2.47. The van der Waals surface area contributed by atoms with Crippen LogP contribution in [0.3, 0.4) is 0 Å². The zero-order valence-corrected chi connectivity index (χ0v) is 12.6. The Balaban J connectivity index is 1.62. The number of carbonyl (C=O) groups excluding carboxylic acids is 1. The Morgan fingerprint density at radius 2 is 1.79 bits per heavy atom. The van der Waals surface area contributed by atoms with E-state index >= 15 is 0 Å². The number of aromatic nitrogens is 2. The van der Waals surface area contributed by atoms with Gasteiger partial charge in [0.2, 0.25) is 0 Å². The fraction of sp³-hybridized carbons (Fsp3) is 0. The Kier molecular flexibility index (Phi) is 3.51. The molecule has 4 rings (SSSR count). The van der Waals surface area contributed by atoms with E-state index in [2.05, 4.69) is 15.5 Å². The van der Waals surface area contributed by atoms with Crippen LogP contribution in [0.2, 0.25) is 0 Å². The molecule has 5 nitrogen and oxygen atoms in total. The topological polar surface area (TPSA) is 68.0 Å². The van der Waals surface area contributed by atoms with Gasteiger partial charge in [-0.15, -0.1) is 0 Å². The molecule has 0 bridgehead atoms. The molecule has 2 aromatic heterocycles. The summed E-state index contributed by atoms with van der Waals surface area (Å²) < 4.78 is 5.27. The molecule has 0 spiro atoms. The SMILES string of the molecule is O=C(Nc1cccc2cccnc12)c1cc(-c2ccccc2)on1. The van der Waals surface area contributed by atoms with Gasteiger partial charge in [0.05, 0.1) is 11.2 Å². The number of carbonyl (C=O) groups is 1. The van der Waals surface area contributed by atoms with Crippen molar-refractivity contribution < 1.29 is 9.32 Å². The third-order valence-corrected chi connectivity index (χ3v) is 3.68. The van der Waals surface area contributed by atoms with E-state index < -0.39 is 0 Å². The number of pyridine rings is 1. The smallest absolute Gasteiger partial charge is 0.277 e. The molecule has 0 aliphatic carbocycles. The quantitative estimate of drug-likeness (QED) is 0.617. The predicted octanol–water partition coefficient (Wildman–Crippen LogP) is 4.14. The standard InChI is InChI=1S/C19H13N3O2/c23-19(16-12-17(24-22-16)13-6-2-1-3-7-13)21-15-10-4-8-14-9-5-11-20-18(14)15/h1-12H,(H,21,23). The van der Waals surface area contributed by atoms with Crippen LogP contribution in [-0.2, 0) is 0 Å². The Morgan fingerprint density at radius 1 is 0.958 bits per heavy atom. The summed E-state index contributed by atoms with van der Waals surface area (Å²) in [7, 11) is 0. The summed E-state index contributed by atoms with van der Waals surface area (Å²) in [5.74, 6) is 0.218. The monoisotopic (exact) mass is 315 g/mol. The second kappa shape index (κ2) is 5.96. The molecule has 0 saturated heterocycles. The van der Waals surface area contributed by atoms with E-state index in [1.807, 2.05) is 60.7 Å². The van der Waals surface area contributed by atoms with Crippen LogP contribution in [0.15, 0.2) is 77.4 Å². The molecule has 1 N–H and O–H groups in total. The lowest BCUT2D eigenvalue weighted by Gasteiger charge is -2.05. The molecule has 116 valence electrons. The van der Waals surface area contributed by atoms with Gasteiger partial charge < -0.3 is 9.84 Å². The lowest BCUT2D eigenvalue weighted by molar-refractivity contribution is 0.101. The van der Waals surface area contributed by atoms with Gasteiger partial charge in [-0.2, -0.15) is 0 Å². The summed E-state index contributed by atoms with van der Waals surface area (Å²) in [5, 5.41) is 7.66. The van der Waals surface area contributed by atoms with Crippen molar-refractivity contribution in [1.29, 1.82) is 0 Å². The fourth-order valence-corrected chi connectivity index (χ4v) is 2.51. The number of benzene rings is 2. The highest BCUT2D eigenvalue weighted by Gasteiger charge is 2.15. The molecule has 0 radical (unpaired) electrons. The first kappa shape index (κ1) is 14.1. The van der Waals surface area contributed by atoms with Gasteiger partial charge in [-0.3, -0.25) is 9.78 Å². The molecule has 0 unspecified atom stereocenters. The molecule has 0 atom stereocenters. The first-order chi connectivity index (χ1) is 11.8. The molecular weight excluding hydrogens is 302 g/mol. The van der Waals surface area contributed by atoms with E-state index in [1.165, 1.54) is 0 Å². The molecule has 0 saturated carbocycles. The van der Waals surface area contributed by atoms with Crippen molar-refractivity contribution in [2.75, 3.05) is 5.32 Å². The Bertz CT molecular complexity index is 1000. The van der Waals surface area contributed by atoms with Crippen molar-refractivity contribution in [2.24, 2.45) is 0 Å². The van der Waals surface area contributed by atoms with Gasteiger partial charge in [-0.1, -0.05) is 53.7 Å². The zero-order valence-electron chi connectivity index (χ0n) is 12.6. The van der Waals surface area contributed by atoms with Gasteiger partial charge in [0.15, 0.2) is 11.5 Å². The van der Waals surface area contributed by atoms with E-state index in [1.54, 1.807) is 12.3 Å². The number of anilines is 1. The molecule has 0 aliphatic rings. The van der Waals surface area contributed by atoms with Gasteiger partial charge >= 0.3 is 0 Å². The Morgan fingerprint density at radius 3 is 2.67 bits per heavy atom. The van der Waals surface area contributed by atoms with Crippen LogP contribution in [-0.4, -0.2) is 16.0 Å². The van der Waals surface area contributed by atoms with Crippen LogP contribution in [0.4, 0.5) is 5.69 Å². The summed E-state index contributed by atoms with van der Waals surface area (Å²) in [6, 6.07) is 20.6. The fourth-order valence-electron chi connectivity index (χ4n) is 2.51. The van der Waals surface area contributed by atoms with Gasteiger partial charge in [0.25, 0.3) is 5.91 Å². The van der Waals surface area contributed by atoms with E-state index in [4.69, 9.17) is 4.52 Å². The highest BCUT2D eigenvalue weighted by molar-refractivity contribution is 6.07. The van der Waals surface area contributed by atoms with Gasteiger partial charge in [0, 0.05) is 23.2 Å². The Hall–Kier alpha value is -3.47. The van der Waals surface area contributed by atoms with Crippen LogP contribution in [0.5, 0.6) is 0 Å². The lowest BCUT2D eigenvalue weighted by atomic mass is 10.1. The number of hydrogen-bond donors (Lipinski definition) is 1. The summed E-state index contributed by atoms with van der Waals surface area (Å²) in [6.45, 7) is 0. The van der Waals surface area contributed by atoms with E-state index in [9.17, 15) is 4.79 Å². The minimum absolute atomic E-state index is 0.224. The average Bonchev–Trinajstić information content (AvgIpc) is 3.13. The van der Waals surface area contributed by atoms with Crippen molar-refractivity contribution in [3.05, 3.63) is 78.6 Å². The normalized spacial score (nSPS) is 10.7. The Labute approximate surface area is 137 Å². The highest BCUT2D eigenvalue weighted by atomic mass is 16.5. The van der Waals surface area contributed by atoms with Crippen molar-refractivity contribution in [3.63, 3.8) is 0 Å².